The lowest BCUT2D eigenvalue weighted by atomic mass is 9.99. The van der Waals surface area contributed by atoms with Crippen LogP contribution in [-0.4, -0.2) is 27.8 Å². The number of rotatable bonds is 2. The lowest BCUT2D eigenvalue weighted by molar-refractivity contribution is -0.143. The number of hydrogen-bond acceptors (Lipinski definition) is 4. The van der Waals surface area contributed by atoms with Gasteiger partial charge in [0.25, 0.3) is 0 Å². The van der Waals surface area contributed by atoms with E-state index in [-0.39, 0.29) is 17.7 Å². The van der Waals surface area contributed by atoms with Crippen LogP contribution >= 0.6 is 0 Å². The van der Waals surface area contributed by atoms with Crippen molar-refractivity contribution in [3.8, 4) is 11.4 Å². The first-order valence-corrected chi connectivity index (χ1v) is 6.47. The molecule has 1 atom stereocenters. The zero-order valence-electron chi connectivity index (χ0n) is 11.0. The molecule has 0 radical (unpaired) electrons. The van der Waals surface area contributed by atoms with Crippen molar-refractivity contribution in [3.05, 3.63) is 35.9 Å². The van der Waals surface area contributed by atoms with Gasteiger partial charge in [-0.05, 0) is 37.1 Å². The minimum atomic E-state index is -0.365. The van der Waals surface area contributed by atoms with E-state index in [4.69, 9.17) is 4.74 Å². The van der Waals surface area contributed by atoms with Crippen molar-refractivity contribution < 1.29 is 13.9 Å². The van der Waals surface area contributed by atoms with Gasteiger partial charge in [-0.15, -0.1) is 0 Å². The third-order valence-electron chi connectivity index (χ3n) is 3.46. The van der Waals surface area contributed by atoms with Crippen molar-refractivity contribution >= 4 is 5.97 Å². The molecule has 2 heterocycles. The van der Waals surface area contributed by atoms with Crippen LogP contribution in [0, 0.1) is 5.82 Å². The molecule has 1 aliphatic heterocycles. The van der Waals surface area contributed by atoms with E-state index in [9.17, 15) is 9.18 Å². The summed E-state index contributed by atoms with van der Waals surface area (Å²) in [6, 6.07) is 5.99. The van der Waals surface area contributed by atoms with Crippen LogP contribution in [0.1, 0.15) is 24.6 Å². The van der Waals surface area contributed by atoms with Crippen LogP contribution in [0.2, 0.25) is 0 Å². The first kappa shape index (κ1) is 12.8. The summed E-state index contributed by atoms with van der Waals surface area (Å²) in [5, 5.41) is 4.39. The zero-order chi connectivity index (χ0) is 14.1. The molecule has 0 saturated heterocycles. The Morgan fingerprint density at radius 1 is 1.40 bits per heavy atom. The Labute approximate surface area is 115 Å². The first-order chi connectivity index (χ1) is 9.69. The van der Waals surface area contributed by atoms with Crippen molar-refractivity contribution in [2.45, 2.75) is 25.3 Å². The Kier molecular flexibility index (Phi) is 3.22. The predicted octanol–water partition coefficient (Wildman–Crippen LogP) is 2.13. The van der Waals surface area contributed by atoms with Crippen molar-refractivity contribution in [1.82, 2.24) is 14.8 Å². The van der Waals surface area contributed by atoms with Gasteiger partial charge in [0.05, 0.1) is 7.11 Å². The molecule has 5 nitrogen and oxygen atoms in total. The summed E-state index contributed by atoms with van der Waals surface area (Å²) in [6.07, 6.45) is 1.58. The Balaban J connectivity index is 1.99. The second-order valence-corrected chi connectivity index (χ2v) is 4.74. The van der Waals surface area contributed by atoms with Crippen molar-refractivity contribution in [2.24, 2.45) is 0 Å². The number of benzene rings is 1. The molecular formula is C14H14FN3O2. The molecule has 1 unspecified atom stereocenters. The summed E-state index contributed by atoms with van der Waals surface area (Å²) < 4.78 is 19.5. The number of nitrogens with zero attached hydrogens (tertiary/aromatic N) is 3. The normalized spacial score (nSPS) is 17.6. The molecular weight excluding hydrogens is 261 g/mol. The van der Waals surface area contributed by atoms with Gasteiger partial charge in [0, 0.05) is 12.1 Å². The molecule has 0 N–H and O–H groups in total. The Hall–Kier alpha value is -2.24. The molecule has 0 spiro atoms. The van der Waals surface area contributed by atoms with E-state index in [1.807, 2.05) is 0 Å². The van der Waals surface area contributed by atoms with E-state index >= 15 is 0 Å². The molecule has 1 aliphatic rings. The van der Waals surface area contributed by atoms with Crippen LogP contribution in [0.5, 0.6) is 0 Å². The molecule has 3 rings (SSSR count). The minimum absolute atomic E-state index is 0.288. The number of carbonyl (C=O) groups is 1. The zero-order valence-corrected chi connectivity index (χ0v) is 11.0. The molecule has 1 aromatic heterocycles. The number of ether oxygens (including phenoxy) is 1. The van der Waals surface area contributed by atoms with Crippen molar-refractivity contribution in [1.29, 1.82) is 0 Å². The second-order valence-electron chi connectivity index (χ2n) is 4.74. The van der Waals surface area contributed by atoms with Crippen LogP contribution in [-0.2, 0) is 16.1 Å². The van der Waals surface area contributed by atoms with Crippen LogP contribution in [0.25, 0.3) is 11.4 Å². The third kappa shape index (κ3) is 2.17. The van der Waals surface area contributed by atoms with E-state index in [1.165, 1.54) is 19.2 Å². The Morgan fingerprint density at radius 2 is 2.15 bits per heavy atom. The SMILES string of the molecule is COC(=O)C1CCCn2nc(-c3ccc(F)cc3)nc21. The number of methoxy groups -OCH3 is 1. The molecule has 0 bridgehead atoms. The van der Waals surface area contributed by atoms with E-state index in [0.717, 1.165) is 18.5 Å². The maximum atomic E-state index is 12.9. The number of hydrogen-bond donors (Lipinski definition) is 0. The molecule has 0 fully saturated rings. The summed E-state index contributed by atoms with van der Waals surface area (Å²) in [5.41, 5.74) is 0.733. The number of halogens is 1. The highest BCUT2D eigenvalue weighted by Crippen LogP contribution is 2.28. The van der Waals surface area contributed by atoms with Crippen molar-refractivity contribution in [3.63, 3.8) is 0 Å². The maximum absolute atomic E-state index is 12.9. The van der Waals surface area contributed by atoms with Gasteiger partial charge < -0.3 is 4.74 Å². The monoisotopic (exact) mass is 275 g/mol. The number of fused-ring (bicyclic) bond motifs is 1. The maximum Gasteiger partial charge on any atom is 0.316 e. The first-order valence-electron chi connectivity index (χ1n) is 6.47. The van der Waals surface area contributed by atoms with E-state index in [1.54, 1.807) is 16.8 Å². The molecule has 0 saturated carbocycles. The molecule has 0 amide bonds. The average Bonchev–Trinajstić information content (AvgIpc) is 2.91. The van der Waals surface area contributed by atoms with Gasteiger partial charge in [0.1, 0.15) is 17.6 Å². The molecule has 6 heteroatoms. The fraction of sp³-hybridized carbons (Fsp3) is 0.357. The average molecular weight is 275 g/mol. The summed E-state index contributed by atoms with van der Waals surface area (Å²) in [7, 11) is 1.37. The van der Waals surface area contributed by atoms with E-state index in [2.05, 4.69) is 10.1 Å². The lowest BCUT2D eigenvalue weighted by Gasteiger charge is -2.19. The molecule has 20 heavy (non-hydrogen) atoms. The number of aromatic nitrogens is 3. The van der Waals surface area contributed by atoms with Gasteiger partial charge >= 0.3 is 5.97 Å². The summed E-state index contributed by atoms with van der Waals surface area (Å²) >= 11 is 0. The van der Waals surface area contributed by atoms with Gasteiger partial charge in [-0.25, -0.2) is 14.1 Å². The minimum Gasteiger partial charge on any atom is -0.468 e. The van der Waals surface area contributed by atoms with Gasteiger partial charge in [-0.3, -0.25) is 4.79 Å². The molecule has 0 aliphatic carbocycles. The van der Waals surface area contributed by atoms with Crippen molar-refractivity contribution in [2.75, 3.05) is 7.11 Å². The van der Waals surface area contributed by atoms with Gasteiger partial charge in [0.2, 0.25) is 0 Å². The van der Waals surface area contributed by atoms with Crippen LogP contribution in [0.3, 0.4) is 0 Å². The van der Waals surface area contributed by atoms with Gasteiger partial charge in [0.15, 0.2) is 5.82 Å². The highest BCUT2D eigenvalue weighted by atomic mass is 19.1. The predicted molar refractivity (Wildman–Crippen MR) is 69.4 cm³/mol. The highest BCUT2D eigenvalue weighted by Gasteiger charge is 2.31. The van der Waals surface area contributed by atoms with Crippen LogP contribution in [0.4, 0.5) is 4.39 Å². The third-order valence-corrected chi connectivity index (χ3v) is 3.46. The van der Waals surface area contributed by atoms with Crippen LogP contribution in [0.15, 0.2) is 24.3 Å². The topological polar surface area (TPSA) is 57.0 Å². The fourth-order valence-electron chi connectivity index (χ4n) is 2.44. The largest absolute Gasteiger partial charge is 0.468 e. The summed E-state index contributed by atoms with van der Waals surface area (Å²) in [5.74, 6) is 0.183. The van der Waals surface area contributed by atoms with E-state index < -0.39 is 0 Å². The summed E-state index contributed by atoms with van der Waals surface area (Å²) in [4.78, 5) is 16.2. The van der Waals surface area contributed by atoms with Gasteiger partial charge in [-0.2, -0.15) is 5.10 Å². The van der Waals surface area contributed by atoms with E-state index in [0.29, 0.717) is 18.1 Å². The highest BCUT2D eigenvalue weighted by molar-refractivity contribution is 5.77. The smallest absolute Gasteiger partial charge is 0.316 e. The number of aryl methyl sites for hydroxylation is 1. The summed E-state index contributed by atoms with van der Waals surface area (Å²) in [6.45, 7) is 0.733. The standard InChI is InChI=1S/C14H14FN3O2/c1-20-14(19)11-3-2-8-18-13(11)16-12(17-18)9-4-6-10(15)7-5-9/h4-7,11H,2-3,8H2,1H3. The Morgan fingerprint density at radius 3 is 2.85 bits per heavy atom. The number of carbonyl (C=O) groups excluding carboxylic acids is 1. The lowest BCUT2D eigenvalue weighted by Crippen LogP contribution is -2.24. The molecule has 2 aromatic rings. The fourth-order valence-corrected chi connectivity index (χ4v) is 2.44. The quantitative estimate of drug-likeness (QED) is 0.788. The molecule has 104 valence electrons. The number of esters is 1. The van der Waals surface area contributed by atoms with Crippen LogP contribution < -0.4 is 0 Å². The second kappa shape index (κ2) is 5.03. The Bertz CT molecular complexity index is 636. The van der Waals surface area contributed by atoms with Gasteiger partial charge in [-0.1, -0.05) is 0 Å². The molecule has 1 aromatic carbocycles.